The molecule has 144 valence electrons. The lowest BCUT2D eigenvalue weighted by molar-refractivity contribution is -0.142. The van der Waals surface area contributed by atoms with E-state index in [0.29, 0.717) is 17.5 Å². The molecular formula is C18H26N2O5S. The highest BCUT2D eigenvalue weighted by molar-refractivity contribution is 7.89. The maximum absolute atomic E-state index is 12.5. The number of aliphatic carboxylic acids is 1. The number of sulfonamides is 1. The SMILES string of the molecule is C=CCCC(NC(=O)CCNS(=O)(=O)c1c(C)cc(C)cc1C)C(=O)O. The summed E-state index contributed by atoms with van der Waals surface area (Å²) in [5.41, 5.74) is 2.24. The minimum Gasteiger partial charge on any atom is -0.480 e. The number of allylic oxidation sites excluding steroid dienone is 1. The van der Waals surface area contributed by atoms with E-state index in [4.69, 9.17) is 5.11 Å². The second-order valence-corrected chi connectivity index (χ2v) is 7.90. The summed E-state index contributed by atoms with van der Waals surface area (Å²) < 4.78 is 27.4. The molecule has 3 N–H and O–H groups in total. The van der Waals surface area contributed by atoms with Crippen molar-refractivity contribution >= 4 is 21.9 Å². The summed E-state index contributed by atoms with van der Waals surface area (Å²) in [6.07, 6.45) is 2.11. The molecule has 1 rings (SSSR count). The minimum absolute atomic E-state index is 0.116. The van der Waals surface area contributed by atoms with Crippen LogP contribution in [-0.4, -0.2) is 38.0 Å². The second kappa shape index (κ2) is 9.49. The number of aryl methyl sites for hydroxylation is 3. The van der Waals surface area contributed by atoms with Gasteiger partial charge in [0.2, 0.25) is 15.9 Å². The van der Waals surface area contributed by atoms with Crippen LogP contribution >= 0.6 is 0 Å². The van der Waals surface area contributed by atoms with E-state index in [1.165, 1.54) is 0 Å². The Labute approximate surface area is 154 Å². The van der Waals surface area contributed by atoms with Gasteiger partial charge < -0.3 is 10.4 Å². The number of benzene rings is 1. The van der Waals surface area contributed by atoms with E-state index in [0.717, 1.165) is 5.56 Å². The Morgan fingerprint density at radius 2 is 1.81 bits per heavy atom. The molecule has 1 amide bonds. The van der Waals surface area contributed by atoms with Crippen molar-refractivity contribution in [1.82, 2.24) is 10.0 Å². The fourth-order valence-corrected chi connectivity index (χ4v) is 4.25. The Hall–Kier alpha value is -2.19. The standard InChI is InChI=1S/C18H26N2O5S/c1-5-6-7-15(18(22)23)20-16(21)8-9-19-26(24,25)17-13(3)10-12(2)11-14(17)4/h5,10-11,15,19H,1,6-9H2,2-4H3,(H,20,21)(H,22,23). The topological polar surface area (TPSA) is 113 Å². The number of nitrogens with one attached hydrogen (secondary N) is 2. The van der Waals surface area contributed by atoms with E-state index < -0.39 is 27.9 Å². The quantitative estimate of drug-likeness (QED) is 0.534. The van der Waals surface area contributed by atoms with Gasteiger partial charge in [0.15, 0.2) is 0 Å². The predicted octanol–water partition coefficient (Wildman–Crippen LogP) is 1.82. The number of carbonyl (C=O) groups excluding carboxylic acids is 1. The summed E-state index contributed by atoms with van der Waals surface area (Å²) in [5.74, 6) is -1.66. The van der Waals surface area contributed by atoms with Crippen LogP contribution in [0.3, 0.4) is 0 Å². The molecule has 1 aromatic rings. The van der Waals surface area contributed by atoms with E-state index >= 15 is 0 Å². The molecule has 0 bridgehead atoms. The molecule has 0 aliphatic rings. The van der Waals surface area contributed by atoms with Crippen molar-refractivity contribution in [2.45, 2.75) is 51.0 Å². The average Bonchev–Trinajstić information content (AvgIpc) is 2.49. The van der Waals surface area contributed by atoms with Crippen LogP contribution in [0.5, 0.6) is 0 Å². The Kier molecular flexibility index (Phi) is 7.98. The second-order valence-electron chi connectivity index (χ2n) is 6.20. The van der Waals surface area contributed by atoms with Crippen LogP contribution in [0.2, 0.25) is 0 Å². The number of carbonyl (C=O) groups is 2. The first kappa shape index (κ1) is 21.9. The van der Waals surface area contributed by atoms with Crippen LogP contribution < -0.4 is 10.0 Å². The van der Waals surface area contributed by atoms with E-state index in [2.05, 4.69) is 16.6 Å². The maximum atomic E-state index is 12.5. The monoisotopic (exact) mass is 382 g/mol. The van der Waals surface area contributed by atoms with Gasteiger partial charge in [0, 0.05) is 13.0 Å². The first-order chi connectivity index (χ1) is 12.1. The highest BCUT2D eigenvalue weighted by Gasteiger charge is 2.21. The van der Waals surface area contributed by atoms with Gasteiger partial charge in [-0.1, -0.05) is 23.8 Å². The summed E-state index contributed by atoms with van der Waals surface area (Å²) in [7, 11) is -3.75. The lowest BCUT2D eigenvalue weighted by Crippen LogP contribution is -2.41. The first-order valence-corrected chi connectivity index (χ1v) is 9.77. The number of hydrogen-bond donors (Lipinski definition) is 3. The average molecular weight is 382 g/mol. The molecule has 0 aromatic heterocycles. The number of hydrogen-bond acceptors (Lipinski definition) is 4. The van der Waals surface area contributed by atoms with Crippen molar-refractivity contribution in [2.75, 3.05) is 6.54 Å². The Morgan fingerprint density at radius 1 is 1.23 bits per heavy atom. The van der Waals surface area contributed by atoms with Crippen molar-refractivity contribution in [1.29, 1.82) is 0 Å². The molecule has 0 fully saturated rings. The van der Waals surface area contributed by atoms with E-state index in [1.54, 1.807) is 32.1 Å². The van der Waals surface area contributed by atoms with Crippen LogP contribution in [0.15, 0.2) is 29.7 Å². The van der Waals surface area contributed by atoms with E-state index in [1.807, 2.05) is 6.92 Å². The van der Waals surface area contributed by atoms with Crippen LogP contribution in [0.25, 0.3) is 0 Å². The molecule has 0 aliphatic heterocycles. The summed E-state index contributed by atoms with van der Waals surface area (Å²) >= 11 is 0. The third-order valence-corrected chi connectivity index (χ3v) is 5.58. The third-order valence-electron chi connectivity index (χ3n) is 3.81. The zero-order valence-corrected chi connectivity index (χ0v) is 16.1. The van der Waals surface area contributed by atoms with Crippen molar-refractivity contribution in [3.8, 4) is 0 Å². The highest BCUT2D eigenvalue weighted by atomic mass is 32.2. The van der Waals surface area contributed by atoms with Gasteiger partial charge in [0.1, 0.15) is 6.04 Å². The highest BCUT2D eigenvalue weighted by Crippen LogP contribution is 2.21. The number of rotatable bonds is 10. The lowest BCUT2D eigenvalue weighted by atomic mass is 10.1. The minimum atomic E-state index is -3.75. The lowest BCUT2D eigenvalue weighted by Gasteiger charge is -2.15. The van der Waals surface area contributed by atoms with Crippen LogP contribution in [0, 0.1) is 20.8 Å². The molecule has 1 atom stereocenters. The number of carboxylic acid groups (broad SMARTS) is 1. The molecule has 7 nitrogen and oxygen atoms in total. The molecule has 26 heavy (non-hydrogen) atoms. The van der Waals surface area contributed by atoms with Crippen molar-refractivity contribution in [3.63, 3.8) is 0 Å². The molecule has 0 spiro atoms. The van der Waals surface area contributed by atoms with Gasteiger partial charge in [-0.3, -0.25) is 4.79 Å². The maximum Gasteiger partial charge on any atom is 0.326 e. The summed E-state index contributed by atoms with van der Waals surface area (Å²) in [5, 5.41) is 11.5. The zero-order chi connectivity index (χ0) is 19.9. The van der Waals surface area contributed by atoms with Gasteiger partial charge in [-0.25, -0.2) is 17.9 Å². The van der Waals surface area contributed by atoms with Crippen LogP contribution in [-0.2, 0) is 19.6 Å². The van der Waals surface area contributed by atoms with E-state index in [-0.39, 0.29) is 24.3 Å². The van der Waals surface area contributed by atoms with Crippen molar-refractivity contribution in [3.05, 3.63) is 41.5 Å². The summed E-state index contributed by atoms with van der Waals surface area (Å²) in [6.45, 7) is 8.73. The van der Waals surface area contributed by atoms with E-state index in [9.17, 15) is 18.0 Å². The molecule has 0 saturated carbocycles. The Bertz CT molecular complexity index is 764. The molecule has 0 aliphatic carbocycles. The van der Waals surface area contributed by atoms with Crippen LogP contribution in [0.1, 0.15) is 36.0 Å². The molecule has 8 heteroatoms. The Morgan fingerprint density at radius 3 is 2.31 bits per heavy atom. The largest absolute Gasteiger partial charge is 0.480 e. The molecule has 0 heterocycles. The fraction of sp³-hybridized carbons (Fsp3) is 0.444. The zero-order valence-electron chi connectivity index (χ0n) is 15.3. The molecule has 1 unspecified atom stereocenters. The predicted molar refractivity (Wildman–Crippen MR) is 99.5 cm³/mol. The van der Waals surface area contributed by atoms with Gasteiger partial charge in [0.05, 0.1) is 4.90 Å². The van der Waals surface area contributed by atoms with Gasteiger partial charge in [-0.2, -0.15) is 0 Å². The van der Waals surface area contributed by atoms with Crippen molar-refractivity contribution in [2.24, 2.45) is 0 Å². The summed E-state index contributed by atoms with van der Waals surface area (Å²) in [6, 6.07) is 2.55. The normalized spacial score (nSPS) is 12.4. The third kappa shape index (κ3) is 6.27. The Balaban J connectivity index is 2.68. The van der Waals surface area contributed by atoms with Gasteiger partial charge in [-0.15, -0.1) is 6.58 Å². The summed E-state index contributed by atoms with van der Waals surface area (Å²) in [4.78, 5) is 23.2. The van der Waals surface area contributed by atoms with Crippen LogP contribution in [0.4, 0.5) is 0 Å². The molecule has 0 radical (unpaired) electrons. The fourth-order valence-electron chi connectivity index (χ4n) is 2.77. The van der Waals surface area contributed by atoms with Gasteiger partial charge in [-0.05, 0) is 44.7 Å². The number of amides is 1. The first-order valence-electron chi connectivity index (χ1n) is 8.29. The molecule has 1 aromatic carbocycles. The van der Waals surface area contributed by atoms with Gasteiger partial charge >= 0.3 is 5.97 Å². The van der Waals surface area contributed by atoms with Crippen molar-refractivity contribution < 1.29 is 23.1 Å². The smallest absolute Gasteiger partial charge is 0.326 e. The van der Waals surface area contributed by atoms with Gasteiger partial charge in [0.25, 0.3) is 0 Å². The molecule has 0 saturated heterocycles. The number of carboxylic acids is 1. The molecular weight excluding hydrogens is 356 g/mol.